The molecule has 2 aliphatic rings. The van der Waals surface area contributed by atoms with Gasteiger partial charge in [0.1, 0.15) is 11.6 Å². The minimum absolute atomic E-state index is 0.0313. The monoisotopic (exact) mass is 444 g/mol. The largest absolute Gasteiger partial charge is 0.444 e. The summed E-state index contributed by atoms with van der Waals surface area (Å²) in [7, 11) is 0. The van der Waals surface area contributed by atoms with Crippen molar-refractivity contribution >= 4 is 23.9 Å². The average Bonchev–Trinajstić information content (AvgIpc) is 2.99. The Morgan fingerprint density at radius 1 is 1.12 bits per heavy atom. The molecule has 5 amide bonds. The molecule has 0 aliphatic carbocycles. The molecule has 2 aliphatic heterocycles. The van der Waals surface area contributed by atoms with E-state index in [-0.39, 0.29) is 37.2 Å². The van der Waals surface area contributed by atoms with Gasteiger partial charge in [0.15, 0.2) is 0 Å². The van der Waals surface area contributed by atoms with Crippen LogP contribution in [0.3, 0.4) is 0 Å². The SMILES string of the molecule is CC(C)(C)OC(=O)NC1CCN(C(=O)CCC2NC(=O)N(Cc3ccccc3)C2=O)CC1. The molecule has 0 aromatic heterocycles. The van der Waals surface area contributed by atoms with Crippen LogP contribution < -0.4 is 10.6 Å². The molecule has 0 saturated carbocycles. The smallest absolute Gasteiger partial charge is 0.407 e. The lowest BCUT2D eigenvalue weighted by molar-refractivity contribution is -0.132. The van der Waals surface area contributed by atoms with Gasteiger partial charge in [-0.3, -0.25) is 14.5 Å². The maximum Gasteiger partial charge on any atom is 0.407 e. The third kappa shape index (κ3) is 6.45. The number of alkyl carbamates (subject to hydrolysis) is 1. The lowest BCUT2D eigenvalue weighted by Gasteiger charge is -2.33. The number of nitrogens with zero attached hydrogens (tertiary/aromatic N) is 2. The first-order valence-electron chi connectivity index (χ1n) is 11.1. The number of urea groups is 1. The Kier molecular flexibility index (Phi) is 7.37. The van der Waals surface area contributed by atoms with Crippen molar-refractivity contribution in [3.63, 3.8) is 0 Å². The van der Waals surface area contributed by atoms with Crippen molar-refractivity contribution in [3.8, 4) is 0 Å². The van der Waals surface area contributed by atoms with Crippen LogP contribution >= 0.6 is 0 Å². The molecular formula is C23H32N4O5. The molecule has 1 unspecified atom stereocenters. The van der Waals surface area contributed by atoms with E-state index in [1.54, 1.807) is 4.90 Å². The van der Waals surface area contributed by atoms with Crippen molar-refractivity contribution in [2.75, 3.05) is 13.1 Å². The first-order chi connectivity index (χ1) is 15.1. The number of hydrogen-bond acceptors (Lipinski definition) is 5. The summed E-state index contributed by atoms with van der Waals surface area (Å²) in [5.41, 5.74) is 0.320. The Bertz CT molecular complexity index is 844. The fourth-order valence-corrected chi connectivity index (χ4v) is 3.86. The van der Waals surface area contributed by atoms with Crippen molar-refractivity contribution < 1.29 is 23.9 Å². The van der Waals surface area contributed by atoms with E-state index < -0.39 is 23.8 Å². The molecule has 32 heavy (non-hydrogen) atoms. The van der Waals surface area contributed by atoms with Crippen LogP contribution in [-0.2, 0) is 20.9 Å². The summed E-state index contributed by atoms with van der Waals surface area (Å²) in [6, 6.07) is 8.17. The minimum atomic E-state index is -0.679. The summed E-state index contributed by atoms with van der Waals surface area (Å²) >= 11 is 0. The van der Waals surface area contributed by atoms with Gasteiger partial charge < -0.3 is 20.3 Å². The zero-order valence-electron chi connectivity index (χ0n) is 18.9. The number of likely N-dealkylation sites (tertiary alicyclic amines) is 1. The number of nitrogens with one attached hydrogen (secondary N) is 2. The molecule has 0 bridgehead atoms. The zero-order valence-corrected chi connectivity index (χ0v) is 18.9. The predicted molar refractivity (Wildman–Crippen MR) is 118 cm³/mol. The Labute approximate surface area is 188 Å². The second kappa shape index (κ2) is 10.0. The summed E-state index contributed by atoms with van der Waals surface area (Å²) < 4.78 is 5.27. The fraction of sp³-hybridized carbons (Fsp3) is 0.565. The molecule has 1 atom stereocenters. The highest BCUT2D eigenvalue weighted by atomic mass is 16.6. The predicted octanol–water partition coefficient (Wildman–Crippen LogP) is 2.40. The van der Waals surface area contributed by atoms with E-state index in [0.29, 0.717) is 25.9 Å². The van der Waals surface area contributed by atoms with E-state index in [9.17, 15) is 19.2 Å². The second-order valence-corrected chi connectivity index (χ2v) is 9.25. The first-order valence-corrected chi connectivity index (χ1v) is 11.1. The normalized spacial score (nSPS) is 19.7. The maximum absolute atomic E-state index is 12.6. The Balaban J connectivity index is 1.41. The van der Waals surface area contributed by atoms with E-state index in [0.717, 1.165) is 5.56 Å². The number of hydrogen-bond donors (Lipinski definition) is 2. The number of piperidine rings is 1. The van der Waals surface area contributed by atoms with E-state index in [1.807, 2.05) is 51.1 Å². The highest BCUT2D eigenvalue weighted by Gasteiger charge is 2.38. The lowest BCUT2D eigenvalue weighted by Crippen LogP contribution is -2.47. The molecular weight excluding hydrogens is 412 g/mol. The number of imide groups is 1. The average molecular weight is 445 g/mol. The van der Waals surface area contributed by atoms with E-state index in [1.165, 1.54) is 4.90 Å². The van der Waals surface area contributed by atoms with Crippen LogP contribution in [0.1, 0.15) is 52.0 Å². The van der Waals surface area contributed by atoms with Crippen LogP contribution in [0.5, 0.6) is 0 Å². The van der Waals surface area contributed by atoms with Gasteiger partial charge in [0.2, 0.25) is 5.91 Å². The number of carbonyl (C=O) groups is 4. The minimum Gasteiger partial charge on any atom is -0.444 e. The Morgan fingerprint density at radius 2 is 1.78 bits per heavy atom. The van der Waals surface area contributed by atoms with Gasteiger partial charge in [-0.15, -0.1) is 0 Å². The number of ether oxygens (including phenoxy) is 1. The molecule has 0 radical (unpaired) electrons. The molecule has 0 spiro atoms. The van der Waals surface area contributed by atoms with Crippen LogP contribution in [0.15, 0.2) is 30.3 Å². The second-order valence-electron chi connectivity index (χ2n) is 9.25. The highest BCUT2D eigenvalue weighted by Crippen LogP contribution is 2.18. The zero-order chi connectivity index (χ0) is 23.3. The molecule has 9 nitrogen and oxygen atoms in total. The van der Waals surface area contributed by atoms with E-state index in [4.69, 9.17) is 4.74 Å². The maximum atomic E-state index is 12.6. The molecule has 2 heterocycles. The standard InChI is InChI=1S/C23H32N4O5/c1-23(2,3)32-22(31)24-17-11-13-26(14-12-17)19(28)10-9-18-20(29)27(21(30)25-18)15-16-7-5-4-6-8-16/h4-8,17-18H,9-15H2,1-3H3,(H,24,31)(H,25,30). The van der Waals surface area contributed by atoms with Crippen LogP contribution in [0.4, 0.5) is 9.59 Å². The summed E-state index contributed by atoms with van der Waals surface area (Å²) in [6.45, 7) is 6.72. The van der Waals surface area contributed by atoms with Crippen molar-refractivity contribution in [2.45, 2.75) is 70.7 Å². The Morgan fingerprint density at radius 3 is 2.41 bits per heavy atom. The van der Waals surface area contributed by atoms with Gasteiger partial charge in [0.05, 0.1) is 6.54 Å². The first kappa shape index (κ1) is 23.6. The van der Waals surface area contributed by atoms with Crippen LogP contribution in [0.2, 0.25) is 0 Å². The van der Waals surface area contributed by atoms with E-state index >= 15 is 0 Å². The third-order valence-corrected chi connectivity index (χ3v) is 5.51. The molecule has 174 valence electrons. The van der Waals surface area contributed by atoms with Crippen LogP contribution in [0.25, 0.3) is 0 Å². The summed E-state index contributed by atoms with van der Waals surface area (Å²) in [5, 5.41) is 5.54. The number of benzene rings is 1. The van der Waals surface area contributed by atoms with Gasteiger partial charge in [-0.25, -0.2) is 9.59 Å². The van der Waals surface area contributed by atoms with Crippen LogP contribution in [0, 0.1) is 0 Å². The van der Waals surface area contributed by atoms with Gasteiger partial charge in [-0.05, 0) is 45.6 Å². The van der Waals surface area contributed by atoms with Gasteiger partial charge in [-0.2, -0.15) is 0 Å². The quantitative estimate of drug-likeness (QED) is 0.655. The number of amides is 5. The fourth-order valence-electron chi connectivity index (χ4n) is 3.86. The van der Waals surface area contributed by atoms with Gasteiger partial charge >= 0.3 is 12.1 Å². The summed E-state index contributed by atoms with van der Waals surface area (Å²) in [4.78, 5) is 52.3. The number of carbonyl (C=O) groups excluding carboxylic acids is 4. The highest BCUT2D eigenvalue weighted by molar-refractivity contribution is 6.04. The van der Waals surface area contributed by atoms with Gasteiger partial charge in [-0.1, -0.05) is 30.3 Å². The number of rotatable bonds is 6. The molecule has 2 fully saturated rings. The molecule has 2 saturated heterocycles. The van der Waals surface area contributed by atoms with Crippen molar-refractivity contribution in [1.29, 1.82) is 0 Å². The third-order valence-electron chi connectivity index (χ3n) is 5.51. The molecule has 1 aromatic rings. The Hall–Kier alpha value is -3.10. The van der Waals surface area contributed by atoms with Gasteiger partial charge in [0.25, 0.3) is 5.91 Å². The summed E-state index contributed by atoms with van der Waals surface area (Å²) in [6.07, 6.45) is 1.30. The topological polar surface area (TPSA) is 108 Å². The molecule has 9 heteroatoms. The molecule has 1 aromatic carbocycles. The van der Waals surface area contributed by atoms with Crippen molar-refractivity contribution in [2.24, 2.45) is 0 Å². The molecule has 2 N–H and O–H groups in total. The van der Waals surface area contributed by atoms with Crippen molar-refractivity contribution in [3.05, 3.63) is 35.9 Å². The van der Waals surface area contributed by atoms with E-state index in [2.05, 4.69) is 10.6 Å². The lowest BCUT2D eigenvalue weighted by atomic mass is 10.0. The molecule has 3 rings (SSSR count). The summed E-state index contributed by atoms with van der Waals surface area (Å²) in [5.74, 6) is -0.351. The van der Waals surface area contributed by atoms with Crippen molar-refractivity contribution in [1.82, 2.24) is 20.4 Å². The van der Waals surface area contributed by atoms with Gasteiger partial charge in [0, 0.05) is 25.6 Å². The van der Waals surface area contributed by atoms with Crippen LogP contribution in [-0.4, -0.2) is 64.5 Å².